The normalized spacial score (nSPS) is 12.5. The smallest absolute Gasteiger partial charge is 0.471 e. The molecular formula is C15H17F3N2O2. The van der Waals surface area contributed by atoms with E-state index in [4.69, 9.17) is 4.74 Å². The highest BCUT2D eigenvalue weighted by Gasteiger charge is 2.38. The zero-order valence-corrected chi connectivity index (χ0v) is 13.0. The van der Waals surface area contributed by atoms with Gasteiger partial charge in [-0.1, -0.05) is 5.16 Å². The van der Waals surface area contributed by atoms with Gasteiger partial charge in [-0.2, -0.15) is 18.2 Å². The summed E-state index contributed by atoms with van der Waals surface area (Å²) in [5, 5.41) is 3.39. The van der Waals surface area contributed by atoms with Crippen LogP contribution in [0.5, 0.6) is 5.75 Å². The first kappa shape index (κ1) is 16.3. The predicted octanol–water partition coefficient (Wildman–Crippen LogP) is 4.55. The van der Waals surface area contributed by atoms with Crippen molar-refractivity contribution in [3.8, 4) is 17.1 Å². The van der Waals surface area contributed by atoms with Gasteiger partial charge in [-0.05, 0) is 57.9 Å². The number of alkyl halides is 3. The quantitative estimate of drug-likeness (QED) is 0.816. The lowest BCUT2D eigenvalue weighted by molar-refractivity contribution is -0.159. The number of aromatic nitrogens is 2. The van der Waals surface area contributed by atoms with Gasteiger partial charge >= 0.3 is 12.1 Å². The summed E-state index contributed by atoms with van der Waals surface area (Å²) in [4.78, 5) is 3.39. The molecule has 2 aromatic rings. The molecule has 1 heterocycles. The molecule has 0 unspecified atom stereocenters. The van der Waals surface area contributed by atoms with E-state index in [2.05, 4.69) is 14.7 Å². The molecule has 7 heteroatoms. The molecule has 1 aromatic heterocycles. The first-order chi connectivity index (χ1) is 9.97. The molecule has 0 fully saturated rings. The number of halogens is 3. The fourth-order valence-electron chi connectivity index (χ4n) is 2.00. The van der Waals surface area contributed by atoms with Crippen molar-refractivity contribution in [1.29, 1.82) is 0 Å². The highest BCUT2D eigenvalue weighted by atomic mass is 19.4. The van der Waals surface area contributed by atoms with Crippen LogP contribution in [0.25, 0.3) is 11.4 Å². The van der Waals surface area contributed by atoms with Crippen LogP contribution in [0.2, 0.25) is 0 Å². The Kier molecular flexibility index (Phi) is 3.93. The molecule has 0 saturated carbocycles. The minimum atomic E-state index is -4.65. The monoisotopic (exact) mass is 314 g/mol. The Labute approximate surface area is 126 Å². The summed E-state index contributed by atoms with van der Waals surface area (Å²) in [7, 11) is 0. The lowest BCUT2D eigenvalue weighted by atomic mass is 10.0. The van der Waals surface area contributed by atoms with E-state index in [1.54, 1.807) is 12.1 Å². The molecule has 0 bridgehead atoms. The molecule has 2 rings (SSSR count). The van der Waals surface area contributed by atoms with Crippen molar-refractivity contribution in [3.63, 3.8) is 0 Å². The van der Waals surface area contributed by atoms with Crippen molar-refractivity contribution < 1.29 is 22.4 Å². The van der Waals surface area contributed by atoms with Gasteiger partial charge in [0.25, 0.3) is 0 Å². The summed E-state index contributed by atoms with van der Waals surface area (Å²) in [5.74, 6) is -0.746. The number of aryl methyl sites for hydroxylation is 2. The Balaban J connectivity index is 2.40. The summed E-state index contributed by atoms with van der Waals surface area (Å²) in [6.07, 6.45) is -4.65. The van der Waals surface area contributed by atoms with Crippen molar-refractivity contribution in [2.45, 2.75) is 46.4 Å². The van der Waals surface area contributed by atoms with E-state index in [0.717, 1.165) is 11.1 Å². The molecule has 0 aliphatic carbocycles. The van der Waals surface area contributed by atoms with E-state index >= 15 is 0 Å². The Hall–Kier alpha value is -2.05. The minimum absolute atomic E-state index is 0.0965. The lowest BCUT2D eigenvalue weighted by Gasteiger charge is -2.24. The third kappa shape index (κ3) is 3.58. The molecule has 0 N–H and O–H groups in total. The van der Waals surface area contributed by atoms with Gasteiger partial charge in [0, 0.05) is 5.56 Å². The zero-order valence-electron chi connectivity index (χ0n) is 13.0. The average molecular weight is 314 g/mol. The average Bonchev–Trinajstić information content (AvgIpc) is 2.81. The van der Waals surface area contributed by atoms with E-state index in [1.165, 1.54) is 0 Å². The summed E-state index contributed by atoms with van der Waals surface area (Å²) in [6, 6.07) is 3.36. The maximum Gasteiger partial charge on any atom is 0.471 e. The molecule has 0 spiro atoms. The maximum atomic E-state index is 12.5. The summed E-state index contributed by atoms with van der Waals surface area (Å²) < 4.78 is 47.7. The van der Waals surface area contributed by atoms with Crippen LogP contribution < -0.4 is 4.74 Å². The van der Waals surface area contributed by atoms with Gasteiger partial charge in [0.05, 0.1) is 0 Å². The number of ether oxygens (including phenoxy) is 1. The maximum absolute atomic E-state index is 12.5. The molecule has 0 aliphatic rings. The van der Waals surface area contributed by atoms with Gasteiger partial charge < -0.3 is 9.26 Å². The SMILES string of the molecule is Cc1cc(-c2noc(C(F)(F)F)n2)cc(C)c1OC(C)(C)C. The third-order valence-electron chi connectivity index (χ3n) is 2.80. The number of rotatable bonds is 2. The van der Waals surface area contributed by atoms with Crippen LogP contribution in [-0.2, 0) is 6.18 Å². The Morgan fingerprint density at radius 3 is 2.00 bits per heavy atom. The molecule has 1 aromatic carbocycles. The standard InChI is InChI=1S/C15H17F3N2O2/c1-8-6-10(7-9(2)11(8)21-14(3,4)5)12-19-13(22-20-12)15(16,17)18/h6-7H,1-5H3. The van der Waals surface area contributed by atoms with Crippen molar-refractivity contribution in [1.82, 2.24) is 10.1 Å². The van der Waals surface area contributed by atoms with Crippen molar-refractivity contribution in [2.24, 2.45) is 0 Å². The third-order valence-corrected chi connectivity index (χ3v) is 2.80. The van der Waals surface area contributed by atoms with Gasteiger partial charge in [0.15, 0.2) is 0 Å². The second kappa shape index (κ2) is 5.30. The fraction of sp³-hybridized carbons (Fsp3) is 0.467. The van der Waals surface area contributed by atoms with Crippen LogP contribution in [0, 0.1) is 13.8 Å². The number of benzene rings is 1. The molecule has 0 radical (unpaired) electrons. The van der Waals surface area contributed by atoms with Crippen molar-refractivity contribution in [3.05, 3.63) is 29.2 Å². The number of nitrogens with zero attached hydrogens (tertiary/aromatic N) is 2. The van der Waals surface area contributed by atoms with Gasteiger partial charge in [0.2, 0.25) is 5.82 Å². The molecular weight excluding hydrogens is 297 g/mol. The number of hydrogen-bond acceptors (Lipinski definition) is 4. The van der Waals surface area contributed by atoms with Crippen LogP contribution in [0.1, 0.15) is 37.8 Å². The number of hydrogen-bond donors (Lipinski definition) is 0. The zero-order chi connectivity index (χ0) is 16.7. The van der Waals surface area contributed by atoms with Crippen LogP contribution in [0.3, 0.4) is 0 Å². The van der Waals surface area contributed by atoms with E-state index in [-0.39, 0.29) is 11.4 Å². The topological polar surface area (TPSA) is 48.2 Å². The first-order valence-electron chi connectivity index (χ1n) is 6.69. The first-order valence-corrected chi connectivity index (χ1v) is 6.69. The van der Waals surface area contributed by atoms with Crippen LogP contribution >= 0.6 is 0 Å². The Morgan fingerprint density at radius 2 is 1.59 bits per heavy atom. The molecule has 0 aliphatic heterocycles. The highest BCUT2D eigenvalue weighted by molar-refractivity contribution is 5.61. The van der Waals surface area contributed by atoms with E-state index in [0.29, 0.717) is 11.3 Å². The van der Waals surface area contributed by atoms with Crippen LogP contribution in [0.15, 0.2) is 16.7 Å². The Bertz CT molecular complexity index is 662. The summed E-state index contributed by atoms with van der Waals surface area (Å²) in [5.41, 5.74) is 1.68. The molecule has 0 amide bonds. The van der Waals surface area contributed by atoms with Crippen LogP contribution in [-0.4, -0.2) is 15.7 Å². The van der Waals surface area contributed by atoms with Gasteiger partial charge in [-0.3, -0.25) is 0 Å². The molecule has 0 atom stereocenters. The van der Waals surface area contributed by atoms with Crippen molar-refractivity contribution >= 4 is 0 Å². The Morgan fingerprint density at radius 1 is 1.05 bits per heavy atom. The van der Waals surface area contributed by atoms with E-state index < -0.39 is 12.1 Å². The van der Waals surface area contributed by atoms with Crippen molar-refractivity contribution in [2.75, 3.05) is 0 Å². The van der Waals surface area contributed by atoms with Gasteiger partial charge in [-0.15, -0.1) is 0 Å². The highest BCUT2D eigenvalue weighted by Crippen LogP contribution is 2.33. The minimum Gasteiger partial charge on any atom is -0.488 e. The van der Waals surface area contributed by atoms with Crippen LogP contribution in [0.4, 0.5) is 13.2 Å². The fourth-order valence-corrected chi connectivity index (χ4v) is 2.00. The van der Waals surface area contributed by atoms with E-state index in [1.807, 2.05) is 34.6 Å². The second-order valence-electron chi connectivity index (χ2n) is 6.07. The molecule has 4 nitrogen and oxygen atoms in total. The second-order valence-corrected chi connectivity index (χ2v) is 6.07. The van der Waals surface area contributed by atoms with E-state index in [9.17, 15) is 13.2 Å². The summed E-state index contributed by atoms with van der Waals surface area (Å²) in [6.45, 7) is 9.42. The molecule has 0 saturated heterocycles. The van der Waals surface area contributed by atoms with Gasteiger partial charge in [0.1, 0.15) is 11.4 Å². The van der Waals surface area contributed by atoms with Gasteiger partial charge in [-0.25, -0.2) is 0 Å². The molecule has 120 valence electrons. The lowest BCUT2D eigenvalue weighted by Crippen LogP contribution is -2.24. The predicted molar refractivity (Wildman–Crippen MR) is 74.6 cm³/mol. The largest absolute Gasteiger partial charge is 0.488 e. The summed E-state index contributed by atoms with van der Waals surface area (Å²) >= 11 is 0. The molecule has 22 heavy (non-hydrogen) atoms.